The lowest BCUT2D eigenvalue weighted by Gasteiger charge is -2.05. The van der Waals surface area contributed by atoms with Crippen molar-refractivity contribution in [2.24, 2.45) is 5.10 Å². The van der Waals surface area contributed by atoms with Gasteiger partial charge < -0.3 is 5.32 Å². The van der Waals surface area contributed by atoms with Crippen molar-refractivity contribution in [1.82, 2.24) is 5.43 Å². The average molecular weight is 326 g/mol. The second-order valence-corrected chi connectivity index (χ2v) is 5.55. The van der Waals surface area contributed by atoms with Crippen molar-refractivity contribution in [3.05, 3.63) is 52.2 Å². The van der Waals surface area contributed by atoms with Gasteiger partial charge in [-0.2, -0.15) is 10.4 Å². The molecule has 0 spiro atoms. The third-order valence-corrected chi connectivity index (χ3v) is 3.88. The largest absolute Gasteiger partial charge is 0.329 e. The summed E-state index contributed by atoms with van der Waals surface area (Å²) in [5, 5.41) is 16.9. The summed E-state index contributed by atoms with van der Waals surface area (Å²) in [5.74, 6) is -1.65. The van der Waals surface area contributed by atoms with Gasteiger partial charge in [0.1, 0.15) is 0 Å². The lowest BCUT2D eigenvalue weighted by atomic mass is 10.1. The highest BCUT2D eigenvalue weighted by molar-refractivity contribution is 7.12. The number of hydrogen-bond donors (Lipinski definition) is 2. The van der Waals surface area contributed by atoms with Gasteiger partial charge in [0.25, 0.3) is 0 Å². The predicted octanol–water partition coefficient (Wildman–Crippen LogP) is 2.29. The lowest BCUT2D eigenvalue weighted by molar-refractivity contribution is -0.136. The van der Waals surface area contributed by atoms with Gasteiger partial charge in [-0.05, 0) is 36.1 Å². The average Bonchev–Trinajstić information content (AvgIpc) is 3.09. The van der Waals surface area contributed by atoms with E-state index in [-0.39, 0.29) is 0 Å². The van der Waals surface area contributed by atoms with Crippen LogP contribution in [0.5, 0.6) is 0 Å². The van der Waals surface area contributed by atoms with Crippen molar-refractivity contribution >= 4 is 34.6 Å². The first-order valence-corrected chi connectivity index (χ1v) is 7.63. The number of hydrogen-bond acceptors (Lipinski definition) is 5. The highest BCUT2D eigenvalue weighted by Gasteiger charge is 2.13. The molecule has 0 aliphatic heterocycles. The minimum absolute atomic E-state index is 0.297. The Morgan fingerprint density at radius 1 is 1.22 bits per heavy atom. The Kier molecular flexibility index (Phi) is 5.61. The van der Waals surface area contributed by atoms with Crippen LogP contribution in [0.3, 0.4) is 0 Å². The lowest BCUT2D eigenvalue weighted by Crippen LogP contribution is -2.32. The molecule has 0 fully saturated rings. The number of amides is 2. The highest BCUT2D eigenvalue weighted by Crippen LogP contribution is 2.10. The molecular weight excluding hydrogens is 312 g/mol. The summed E-state index contributed by atoms with van der Waals surface area (Å²) in [7, 11) is 0. The molecule has 0 radical (unpaired) electrons. The van der Waals surface area contributed by atoms with Crippen molar-refractivity contribution in [2.75, 3.05) is 5.32 Å². The molecular formula is C16H14N4O2S. The van der Waals surface area contributed by atoms with Gasteiger partial charge >= 0.3 is 11.8 Å². The van der Waals surface area contributed by atoms with Gasteiger partial charge in [0.15, 0.2) is 0 Å². The summed E-state index contributed by atoms with van der Waals surface area (Å²) in [4.78, 5) is 24.4. The molecule has 1 aromatic heterocycles. The summed E-state index contributed by atoms with van der Waals surface area (Å²) < 4.78 is 0. The first kappa shape index (κ1) is 16.4. The molecule has 0 saturated carbocycles. The summed E-state index contributed by atoms with van der Waals surface area (Å²) in [6.07, 6.45) is 0.297. The van der Waals surface area contributed by atoms with E-state index >= 15 is 0 Å². The Morgan fingerprint density at radius 3 is 2.57 bits per heavy atom. The minimum Gasteiger partial charge on any atom is -0.318 e. The van der Waals surface area contributed by atoms with Crippen LogP contribution < -0.4 is 10.7 Å². The van der Waals surface area contributed by atoms with E-state index in [1.165, 1.54) is 11.3 Å². The standard InChI is InChI=1S/C16H14N4O2S/c1-11(14-3-2-10-23-14)19-20-16(22)15(21)18-13-6-4-12(5-7-13)8-9-17/h2-7,10H,8H2,1H3,(H,18,21)(H,20,22)/b19-11+. The number of benzene rings is 1. The number of thiophene rings is 1. The van der Waals surface area contributed by atoms with Crippen LogP contribution in [-0.2, 0) is 16.0 Å². The Labute approximate surface area is 137 Å². The molecule has 0 saturated heterocycles. The zero-order valence-electron chi connectivity index (χ0n) is 12.4. The third kappa shape index (κ3) is 4.76. The second-order valence-electron chi connectivity index (χ2n) is 4.60. The van der Waals surface area contributed by atoms with Gasteiger partial charge in [-0.3, -0.25) is 9.59 Å². The molecule has 7 heteroatoms. The molecule has 0 unspecified atom stereocenters. The van der Waals surface area contributed by atoms with E-state index in [2.05, 4.69) is 15.8 Å². The number of nitrogens with one attached hydrogen (secondary N) is 2. The Bertz CT molecular complexity index is 758. The first-order chi connectivity index (χ1) is 11.1. The van der Waals surface area contributed by atoms with Gasteiger partial charge in [-0.1, -0.05) is 18.2 Å². The summed E-state index contributed by atoms with van der Waals surface area (Å²) in [5.41, 5.74) is 4.17. The molecule has 1 aromatic carbocycles. The van der Waals surface area contributed by atoms with Crippen molar-refractivity contribution in [3.63, 3.8) is 0 Å². The van der Waals surface area contributed by atoms with Gasteiger partial charge in [0.05, 0.1) is 18.2 Å². The third-order valence-electron chi connectivity index (χ3n) is 2.90. The molecule has 1 heterocycles. The smallest absolute Gasteiger partial charge is 0.318 e. The van der Waals surface area contributed by atoms with E-state index in [0.717, 1.165) is 10.4 Å². The summed E-state index contributed by atoms with van der Waals surface area (Å²) in [6.45, 7) is 1.75. The van der Waals surface area contributed by atoms with Crippen LogP contribution in [0.15, 0.2) is 46.9 Å². The van der Waals surface area contributed by atoms with Crippen molar-refractivity contribution in [2.45, 2.75) is 13.3 Å². The first-order valence-electron chi connectivity index (χ1n) is 6.75. The molecule has 0 aliphatic rings. The van der Waals surface area contributed by atoms with Crippen LogP contribution in [0.2, 0.25) is 0 Å². The molecule has 23 heavy (non-hydrogen) atoms. The minimum atomic E-state index is -0.845. The summed E-state index contributed by atoms with van der Waals surface area (Å²) >= 11 is 1.49. The van der Waals surface area contributed by atoms with E-state index in [1.54, 1.807) is 31.2 Å². The number of nitriles is 1. The van der Waals surface area contributed by atoms with Crippen LogP contribution in [0.1, 0.15) is 17.4 Å². The van der Waals surface area contributed by atoms with Crippen LogP contribution >= 0.6 is 11.3 Å². The van der Waals surface area contributed by atoms with E-state index in [1.807, 2.05) is 23.6 Å². The maximum Gasteiger partial charge on any atom is 0.329 e. The van der Waals surface area contributed by atoms with E-state index < -0.39 is 11.8 Å². The molecule has 116 valence electrons. The Balaban J connectivity index is 1.91. The SMILES string of the molecule is C/C(=N\NC(=O)C(=O)Nc1ccc(CC#N)cc1)c1cccs1. The highest BCUT2D eigenvalue weighted by atomic mass is 32.1. The molecule has 0 bridgehead atoms. The van der Waals surface area contributed by atoms with E-state index in [4.69, 9.17) is 5.26 Å². The number of carbonyl (C=O) groups excluding carboxylic acids is 2. The van der Waals surface area contributed by atoms with Crippen LogP contribution in [-0.4, -0.2) is 17.5 Å². The molecule has 0 atom stereocenters. The predicted molar refractivity (Wildman–Crippen MR) is 89.1 cm³/mol. The molecule has 2 amide bonds. The number of nitrogens with zero attached hydrogens (tertiary/aromatic N) is 2. The van der Waals surface area contributed by atoms with Crippen molar-refractivity contribution in [3.8, 4) is 6.07 Å². The van der Waals surface area contributed by atoms with Crippen LogP contribution in [0.25, 0.3) is 0 Å². The van der Waals surface area contributed by atoms with Crippen LogP contribution in [0.4, 0.5) is 5.69 Å². The maximum atomic E-state index is 11.8. The molecule has 2 rings (SSSR count). The topological polar surface area (TPSA) is 94.3 Å². The van der Waals surface area contributed by atoms with E-state index in [9.17, 15) is 9.59 Å². The molecule has 2 aromatic rings. The van der Waals surface area contributed by atoms with Gasteiger partial charge in [-0.25, -0.2) is 5.43 Å². The summed E-state index contributed by atoms with van der Waals surface area (Å²) in [6, 6.07) is 12.5. The number of carbonyl (C=O) groups is 2. The Hall–Kier alpha value is -2.98. The molecule has 6 nitrogen and oxygen atoms in total. The van der Waals surface area contributed by atoms with Crippen molar-refractivity contribution < 1.29 is 9.59 Å². The quantitative estimate of drug-likeness (QED) is 0.513. The van der Waals surface area contributed by atoms with Gasteiger partial charge in [0.2, 0.25) is 0 Å². The Morgan fingerprint density at radius 2 is 1.96 bits per heavy atom. The van der Waals surface area contributed by atoms with Gasteiger partial charge in [-0.15, -0.1) is 11.3 Å². The fourth-order valence-electron chi connectivity index (χ4n) is 1.71. The second kappa shape index (κ2) is 7.87. The van der Waals surface area contributed by atoms with Crippen molar-refractivity contribution in [1.29, 1.82) is 5.26 Å². The number of rotatable bonds is 4. The zero-order valence-corrected chi connectivity index (χ0v) is 13.2. The number of anilines is 1. The number of hydrazone groups is 1. The fraction of sp³-hybridized carbons (Fsp3) is 0.125. The van der Waals surface area contributed by atoms with E-state index in [0.29, 0.717) is 17.8 Å². The normalized spacial score (nSPS) is 10.7. The monoisotopic (exact) mass is 326 g/mol. The fourth-order valence-corrected chi connectivity index (χ4v) is 2.39. The molecule has 2 N–H and O–H groups in total. The molecule has 0 aliphatic carbocycles. The maximum absolute atomic E-state index is 11.8. The van der Waals surface area contributed by atoms with Crippen LogP contribution in [0, 0.1) is 11.3 Å². The zero-order chi connectivity index (χ0) is 16.7. The van der Waals surface area contributed by atoms with Gasteiger partial charge in [0, 0.05) is 10.6 Å².